The number of ether oxygens (including phenoxy) is 3. The highest BCUT2D eigenvalue weighted by Crippen LogP contribution is 2.50. The first-order valence-corrected chi connectivity index (χ1v) is 20.3. The van der Waals surface area contributed by atoms with Gasteiger partial charge in [-0.15, -0.1) is 0 Å². The summed E-state index contributed by atoms with van der Waals surface area (Å²) >= 11 is 0. The summed E-state index contributed by atoms with van der Waals surface area (Å²) in [5.41, 5.74) is -0.508. The van der Waals surface area contributed by atoms with E-state index in [4.69, 9.17) is 24.2 Å². The second-order valence-corrected chi connectivity index (χ2v) is 17.4. The van der Waals surface area contributed by atoms with Crippen molar-refractivity contribution < 1.29 is 49.3 Å². The first-order chi connectivity index (χ1) is 27.3. The molecule has 0 aromatic heterocycles. The molecule has 0 radical (unpaired) electrons. The van der Waals surface area contributed by atoms with Crippen LogP contribution in [-0.4, -0.2) is 105 Å². The normalized spacial score (nSPS) is 33.3. The number of aliphatic hydroxyl groups excluding tert-OH is 3. The predicted octanol–water partition coefficient (Wildman–Crippen LogP) is 4.18. The zero-order chi connectivity index (χ0) is 42.6. The number of fused-ring (bicyclic) bond motifs is 1. The summed E-state index contributed by atoms with van der Waals surface area (Å²) in [7, 11) is 1.47. The number of phenols is 2. The summed E-state index contributed by atoms with van der Waals surface area (Å²) in [6.45, 7) is 18.2. The molecule has 1 fully saturated rings. The average molecular weight is 805 g/mol. The lowest BCUT2D eigenvalue weighted by Crippen LogP contribution is -2.44. The van der Waals surface area contributed by atoms with Crippen LogP contribution < -0.4 is 20.8 Å². The Balaban J connectivity index is 1.54. The number of hydrogen-bond donors (Lipinski definition) is 6. The van der Waals surface area contributed by atoms with E-state index in [-0.39, 0.29) is 55.4 Å². The number of carbonyl (C=O) groups excluding carboxylic acids is 2. The standard InChI is InChI=1S/C44H60N4O10/c1-21(2)20-48-17-15-44(16-18-48)46-32-29-30-38(52)27(8)40-31(29)41(54)43(9,58-40)57-19-14-28(56-10)24(5)36(50)26(7)37(51)25(6)35(49)22(3)12-11-13-23(4)42(55)45-34(39(30)53)33(32)47-44/h11-14,19,21-22,24-26,28,35-37,49-53H,15-18,20H2,1-10H3,(H,45,55)/b12-11-,19-14?,23-13-/t22-,24+,25+,26-,28-,35-,36+,37+,43-/m0/s1. The maximum absolute atomic E-state index is 14.6. The number of rotatable bonds is 3. The van der Waals surface area contributed by atoms with Crippen LogP contribution in [0.25, 0.3) is 10.8 Å². The van der Waals surface area contributed by atoms with Crippen molar-refractivity contribution in [2.45, 2.75) is 111 Å². The second-order valence-electron chi connectivity index (χ2n) is 17.4. The van der Waals surface area contributed by atoms with Crippen molar-refractivity contribution in [3.8, 4) is 17.2 Å². The summed E-state index contributed by atoms with van der Waals surface area (Å²) in [6, 6.07) is 0. The number of hydrogen-bond acceptors (Lipinski definition) is 13. The summed E-state index contributed by atoms with van der Waals surface area (Å²) in [5.74, 6) is -5.71. The number of amides is 1. The molecule has 0 saturated carbocycles. The highest BCUT2D eigenvalue weighted by Gasteiger charge is 2.50. The number of allylic oxidation sites excluding steroid dienone is 2. The topological polar surface area (TPSA) is 203 Å². The van der Waals surface area contributed by atoms with Gasteiger partial charge < -0.3 is 50.0 Å². The molecule has 9 atom stereocenters. The highest BCUT2D eigenvalue weighted by atomic mass is 16.7. The molecule has 6 N–H and O–H groups in total. The van der Waals surface area contributed by atoms with Crippen LogP contribution in [0.4, 0.5) is 5.69 Å². The van der Waals surface area contributed by atoms with E-state index < -0.39 is 77.0 Å². The molecule has 4 heterocycles. The monoisotopic (exact) mass is 804 g/mol. The van der Waals surface area contributed by atoms with Gasteiger partial charge >= 0.3 is 5.79 Å². The molecule has 1 amide bonds. The fourth-order valence-corrected chi connectivity index (χ4v) is 8.81. The molecule has 0 aliphatic carbocycles. The number of carbonyl (C=O) groups is 2. The number of aliphatic hydroxyl groups is 3. The molecule has 14 nitrogen and oxygen atoms in total. The number of aromatic hydroxyl groups is 2. The average Bonchev–Trinajstić information content (AvgIpc) is 3.69. The van der Waals surface area contributed by atoms with Gasteiger partial charge in [0, 0.05) is 86.7 Å². The quantitative estimate of drug-likeness (QED) is 0.243. The number of likely N-dealkylation sites (tertiary alicyclic amines) is 1. The van der Waals surface area contributed by atoms with Gasteiger partial charge in [-0.3, -0.25) is 19.6 Å². The van der Waals surface area contributed by atoms with E-state index in [2.05, 4.69) is 24.1 Å². The summed E-state index contributed by atoms with van der Waals surface area (Å²) in [6.07, 6.45) is 4.98. The molecule has 1 saturated heterocycles. The van der Waals surface area contributed by atoms with E-state index in [0.717, 1.165) is 6.54 Å². The maximum atomic E-state index is 14.6. The minimum atomic E-state index is -1.93. The first kappa shape index (κ1) is 43.2. The Labute approximate surface area is 339 Å². The van der Waals surface area contributed by atoms with E-state index in [9.17, 15) is 35.1 Å². The molecule has 316 valence electrons. The van der Waals surface area contributed by atoms with E-state index in [1.165, 1.54) is 20.3 Å². The number of nitrogens with zero attached hydrogens (tertiary/aromatic N) is 3. The van der Waals surface area contributed by atoms with Crippen LogP contribution in [0.1, 0.15) is 84.2 Å². The van der Waals surface area contributed by atoms with E-state index in [0.29, 0.717) is 31.8 Å². The van der Waals surface area contributed by atoms with Crippen LogP contribution in [0, 0.1) is 36.5 Å². The number of anilines is 1. The van der Waals surface area contributed by atoms with Crippen LogP contribution in [0.3, 0.4) is 0 Å². The SMILES string of the molecule is CO[C@H]1C=CO[C@@]2(C)Oc3c(C)c(O)c4c(O)c(c5c(c4c3C2=O)=NC2(CCN(CC(C)C)CC2)N=5)NC(=O)/C(C)=C\C=C/[C@H](C)[C@H](O)[C@@H](C)[C@@H](O)[C@@H](C)[C@H](O)[C@@H]1C. The van der Waals surface area contributed by atoms with Crippen molar-refractivity contribution in [1.29, 1.82) is 0 Å². The number of benzene rings is 2. The Kier molecular flexibility index (Phi) is 12.2. The fourth-order valence-electron chi connectivity index (χ4n) is 8.81. The van der Waals surface area contributed by atoms with Crippen molar-refractivity contribution in [3.05, 3.63) is 58.0 Å². The summed E-state index contributed by atoms with van der Waals surface area (Å²) in [4.78, 5) is 41.1. The largest absolute Gasteiger partial charge is 0.507 e. The van der Waals surface area contributed by atoms with Crippen LogP contribution in [0.15, 0.2) is 46.1 Å². The predicted molar refractivity (Wildman–Crippen MR) is 218 cm³/mol. The van der Waals surface area contributed by atoms with Crippen LogP contribution in [0.2, 0.25) is 0 Å². The van der Waals surface area contributed by atoms with Crippen molar-refractivity contribution in [3.63, 3.8) is 0 Å². The van der Waals surface area contributed by atoms with Crippen molar-refractivity contribution in [2.75, 3.05) is 32.1 Å². The van der Waals surface area contributed by atoms with E-state index in [1.807, 2.05) is 0 Å². The molecule has 4 aliphatic heterocycles. The first-order valence-electron chi connectivity index (χ1n) is 20.3. The smallest absolute Gasteiger partial charge is 0.312 e. The number of Topliss-reactive ketones (excluding diaryl/α,β-unsaturated/α-hetero) is 1. The second kappa shape index (κ2) is 16.4. The van der Waals surface area contributed by atoms with Crippen LogP contribution >= 0.6 is 0 Å². The van der Waals surface area contributed by atoms with Gasteiger partial charge in [0.05, 0.1) is 47.0 Å². The number of nitrogens with one attached hydrogen (secondary N) is 1. The molecular formula is C44H60N4O10. The van der Waals surface area contributed by atoms with Crippen molar-refractivity contribution >= 4 is 28.2 Å². The Morgan fingerprint density at radius 3 is 2.17 bits per heavy atom. The number of methoxy groups -OCH3 is 1. The molecule has 58 heavy (non-hydrogen) atoms. The van der Waals surface area contributed by atoms with Gasteiger partial charge in [0.1, 0.15) is 22.5 Å². The van der Waals surface area contributed by atoms with Gasteiger partial charge in [0.15, 0.2) is 11.4 Å². The molecular weight excluding hydrogens is 745 g/mol. The molecule has 2 aromatic carbocycles. The van der Waals surface area contributed by atoms with Gasteiger partial charge in [0.2, 0.25) is 0 Å². The zero-order valence-corrected chi connectivity index (χ0v) is 35.2. The van der Waals surface area contributed by atoms with Gasteiger partial charge in [-0.1, -0.05) is 59.8 Å². The van der Waals surface area contributed by atoms with Crippen molar-refractivity contribution in [2.24, 2.45) is 39.6 Å². The molecule has 1 spiro atoms. The van der Waals surface area contributed by atoms with Gasteiger partial charge in [-0.05, 0) is 25.8 Å². The van der Waals surface area contributed by atoms with Crippen molar-refractivity contribution in [1.82, 2.24) is 4.90 Å². The Bertz CT molecular complexity index is 2170. The van der Waals surface area contributed by atoms with Gasteiger partial charge in [0.25, 0.3) is 11.7 Å². The zero-order valence-electron chi connectivity index (χ0n) is 35.2. The third kappa shape index (κ3) is 7.65. The Hall–Kier alpha value is -4.34. The lowest BCUT2D eigenvalue weighted by atomic mass is 9.78. The minimum Gasteiger partial charge on any atom is -0.507 e. The molecule has 2 aromatic rings. The van der Waals surface area contributed by atoms with Gasteiger partial charge in [-0.25, -0.2) is 0 Å². The molecule has 14 heteroatoms. The Morgan fingerprint density at radius 1 is 0.914 bits per heavy atom. The number of phenolic OH excluding ortho intramolecular Hbond substituents is 2. The van der Waals surface area contributed by atoms with Crippen LogP contribution in [0.5, 0.6) is 17.2 Å². The van der Waals surface area contributed by atoms with E-state index in [1.54, 1.807) is 65.8 Å². The Morgan fingerprint density at radius 2 is 1.53 bits per heavy atom. The maximum Gasteiger partial charge on any atom is 0.312 e. The van der Waals surface area contributed by atoms with Crippen LogP contribution in [-0.2, 0) is 14.3 Å². The third-order valence-corrected chi connectivity index (χ3v) is 12.6. The molecule has 6 rings (SSSR count). The third-order valence-electron chi connectivity index (χ3n) is 12.6. The minimum absolute atomic E-state index is 0.0467. The van der Waals surface area contributed by atoms with Gasteiger partial charge in [-0.2, -0.15) is 0 Å². The number of piperidine rings is 1. The lowest BCUT2D eigenvalue weighted by molar-refractivity contribution is -0.112. The van der Waals surface area contributed by atoms with E-state index >= 15 is 0 Å². The molecule has 0 unspecified atom stereocenters. The number of ketones is 1. The highest BCUT2D eigenvalue weighted by molar-refractivity contribution is 6.19. The lowest BCUT2D eigenvalue weighted by Gasteiger charge is -2.36. The summed E-state index contributed by atoms with van der Waals surface area (Å²) < 4.78 is 18.0. The molecule has 4 bridgehead atoms. The fraction of sp³-hybridized carbons (Fsp3) is 0.591. The summed E-state index contributed by atoms with van der Waals surface area (Å²) in [5, 5.41) is 61.1. The molecule has 4 aliphatic rings.